The summed E-state index contributed by atoms with van der Waals surface area (Å²) in [6.07, 6.45) is 4.18. The molecule has 0 unspecified atom stereocenters. The predicted molar refractivity (Wildman–Crippen MR) is 153 cm³/mol. The van der Waals surface area contributed by atoms with Gasteiger partial charge >= 0.3 is 0 Å². The van der Waals surface area contributed by atoms with E-state index >= 15 is 0 Å². The molecule has 198 valence electrons. The van der Waals surface area contributed by atoms with E-state index < -0.39 is 0 Å². The Hall–Kier alpha value is -3.74. The number of aromatic nitrogens is 4. The van der Waals surface area contributed by atoms with Crippen molar-refractivity contribution < 1.29 is 4.79 Å². The van der Waals surface area contributed by atoms with Gasteiger partial charge < -0.3 is 9.80 Å². The van der Waals surface area contributed by atoms with Gasteiger partial charge in [0.1, 0.15) is 11.6 Å². The largest absolute Gasteiger partial charge is 0.352 e. The quantitative estimate of drug-likeness (QED) is 0.328. The Morgan fingerprint density at radius 1 is 0.921 bits per heavy atom. The molecule has 4 aromatic rings. The molecular formula is C31H38N6O. The van der Waals surface area contributed by atoms with Crippen LogP contribution in [0.25, 0.3) is 16.7 Å². The Labute approximate surface area is 225 Å². The highest BCUT2D eigenvalue weighted by Gasteiger charge is 2.27. The molecule has 1 atom stereocenters. The van der Waals surface area contributed by atoms with E-state index in [1.807, 2.05) is 64.3 Å². The molecule has 0 N–H and O–H groups in total. The standard InChI is InChI=1S/C31H38N6O/c1-23(21-31(2,3)4)19-28(38)35-15-17-36(18-16-35)29-26-22-32-37(25-13-9-6-10-14-25)30(26)34-27(33-29)20-24-11-7-5-8-12-24/h5-14,22-23H,15-21H2,1-4H3/t23-/m1/s1. The van der Waals surface area contributed by atoms with Crippen molar-refractivity contribution in [3.8, 4) is 5.69 Å². The summed E-state index contributed by atoms with van der Waals surface area (Å²) in [6, 6.07) is 20.4. The van der Waals surface area contributed by atoms with Gasteiger partial charge in [-0.1, -0.05) is 76.2 Å². The van der Waals surface area contributed by atoms with Crippen LogP contribution in [-0.2, 0) is 11.2 Å². The fourth-order valence-electron chi connectivity index (χ4n) is 5.51. The van der Waals surface area contributed by atoms with Crippen molar-refractivity contribution in [2.45, 2.75) is 47.0 Å². The summed E-state index contributed by atoms with van der Waals surface area (Å²) < 4.78 is 1.89. The minimum Gasteiger partial charge on any atom is -0.352 e. The molecule has 0 spiro atoms. The second-order valence-electron chi connectivity index (χ2n) is 11.7. The zero-order valence-electron chi connectivity index (χ0n) is 23.0. The third kappa shape index (κ3) is 6.04. The molecule has 3 heterocycles. The maximum Gasteiger partial charge on any atom is 0.222 e. The van der Waals surface area contributed by atoms with Crippen LogP contribution in [0.15, 0.2) is 66.9 Å². The number of benzene rings is 2. The number of hydrogen-bond acceptors (Lipinski definition) is 5. The molecule has 1 amide bonds. The van der Waals surface area contributed by atoms with Crippen LogP contribution in [0.4, 0.5) is 5.82 Å². The average Bonchev–Trinajstić information content (AvgIpc) is 3.32. The van der Waals surface area contributed by atoms with E-state index in [1.165, 1.54) is 5.56 Å². The fraction of sp³-hybridized carbons (Fsp3) is 0.419. The van der Waals surface area contributed by atoms with Crippen LogP contribution in [0.5, 0.6) is 0 Å². The van der Waals surface area contributed by atoms with E-state index in [2.05, 4.69) is 44.7 Å². The number of fused-ring (bicyclic) bond motifs is 1. The Bertz CT molecular complexity index is 1370. The van der Waals surface area contributed by atoms with Gasteiger partial charge in [-0.05, 0) is 35.4 Å². The second-order valence-corrected chi connectivity index (χ2v) is 11.7. The normalized spacial score (nSPS) is 15.2. The number of carbonyl (C=O) groups is 1. The molecule has 1 aliphatic heterocycles. The summed E-state index contributed by atoms with van der Waals surface area (Å²) >= 11 is 0. The second kappa shape index (κ2) is 10.9. The SMILES string of the molecule is C[C@H](CC(=O)N1CCN(c2nc(Cc3ccccc3)nc3c2cnn3-c2ccccc2)CC1)CC(C)(C)C. The van der Waals surface area contributed by atoms with Gasteiger partial charge in [0.05, 0.1) is 17.3 Å². The Balaban J connectivity index is 1.39. The van der Waals surface area contributed by atoms with E-state index in [1.54, 1.807) is 0 Å². The highest BCUT2D eigenvalue weighted by molar-refractivity contribution is 5.88. The van der Waals surface area contributed by atoms with Gasteiger partial charge in [0.2, 0.25) is 5.91 Å². The Morgan fingerprint density at radius 2 is 1.58 bits per heavy atom. The van der Waals surface area contributed by atoms with Crippen LogP contribution in [0.1, 0.15) is 51.9 Å². The van der Waals surface area contributed by atoms with E-state index in [0.717, 1.165) is 47.9 Å². The summed E-state index contributed by atoms with van der Waals surface area (Å²) in [6.45, 7) is 11.8. The highest BCUT2D eigenvalue weighted by atomic mass is 16.2. The summed E-state index contributed by atoms with van der Waals surface area (Å²) in [5.41, 5.74) is 3.18. The Morgan fingerprint density at radius 3 is 2.24 bits per heavy atom. The van der Waals surface area contributed by atoms with Gasteiger partial charge in [0.15, 0.2) is 5.65 Å². The number of para-hydroxylation sites is 1. The van der Waals surface area contributed by atoms with E-state index in [9.17, 15) is 4.79 Å². The number of nitrogens with zero attached hydrogens (tertiary/aromatic N) is 6. The molecule has 0 radical (unpaired) electrons. The number of anilines is 1. The Kier molecular flexibility index (Phi) is 7.45. The molecule has 0 bridgehead atoms. The molecule has 1 fully saturated rings. The first-order valence-electron chi connectivity index (χ1n) is 13.6. The van der Waals surface area contributed by atoms with Crippen molar-refractivity contribution in [3.63, 3.8) is 0 Å². The number of hydrogen-bond donors (Lipinski definition) is 0. The van der Waals surface area contributed by atoms with Crippen molar-refractivity contribution in [1.29, 1.82) is 0 Å². The van der Waals surface area contributed by atoms with Crippen molar-refractivity contribution in [1.82, 2.24) is 24.6 Å². The summed E-state index contributed by atoms with van der Waals surface area (Å²) in [5.74, 6) is 2.31. The third-order valence-electron chi connectivity index (χ3n) is 7.08. The van der Waals surface area contributed by atoms with E-state index in [0.29, 0.717) is 31.8 Å². The molecule has 1 aliphatic rings. The first-order chi connectivity index (χ1) is 18.3. The number of carbonyl (C=O) groups excluding carboxylic acids is 1. The van der Waals surface area contributed by atoms with E-state index in [-0.39, 0.29) is 11.3 Å². The topological polar surface area (TPSA) is 67.2 Å². The number of amides is 1. The van der Waals surface area contributed by atoms with Crippen LogP contribution in [0, 0.1) is 11.3 Å². The van der Waals surface area contributed by atoms with Crippen LogP contribution in [0.3, 0.4) is 0 Å². The molecule has 7 heteroatoms. The van der Waals surface area contributed by atoms with Crippen molar-refractivity contribution in [2.75, 3.05) is 31.1 Å². The zero-order valence-corrected chi connectivity index (χ0v) is 23.0. The molecule has 2 aromatic heterocycles. The lowest BCUT2D eigenvalue weighted by Crippen LogP contribution is -2.49. The van der Waals surface area contributed by atoms with Crippen LogP contribution in [0.2, 0.25) is 0 Å². The first kappa shape index (κ1) is 25.9. The molecule has 0 saturated carbocycles. The minimum atomic E-state index is 0.235. The molecule has 2 aromatic carbocycles. The lowest BCUT2D eigenvalue weighted by atomic mass is 9.84. The third-order valence-corrected chi connectivity index (χ3v) is 7.08. The van der Waals surface area contributed by atoms with Gasteiger partial charge in [-0.3, -0.25) is 4.79 Å². The average molecular weight is 511 g/mol. The predicted octanol–water partition coefficient (Wildman–Crippen LogP) is 5.52. The smallest absolute Gasteiger partial charge is 0.222 e. The first-order valence-corrected chi connectivity index (χ1v) is 13.6. The summed E-state index contributed by atoms with van der Waals surface area (Å²) in [7, 11) is 0. The van der Waals surface area contributed by atoms with Crippen molar-refractivity contribution in [2.24, 2.45) is 11.3 Å². The van der Waals surface area contributed by atoms with Crippen LogP contribution in [-0.4, -0.2) is 56.7 Å². The monoisotopic (exact) mass is 510 g/mol. The van der Waals surface area contributed by atoms with Crippen LogP contribution >= 0.6 is 0 Å². The maximum absolute atomic E-state index is 13.0. The lowest BCUT2D eigenvalue weighted by molar-refractivity contribution is -0.132. The van der Waals surface area contributed by atoms with Gasteiger partial charge in [0.25, 0.3) is 0 Å². The highest BCUT2D eigenvalue weighted by Crippen LogP contribution is 2.29. The minimum absolute atomic E-state index is 0.235. The summed E-state index contributed by atoms with van der Waals surface area (Å²) in [5, 5.41) is 5.63. The summed E-state index contributed by atoms with van der Waals surface area (Å²) in [4.78, 5) is 27.4. The van der Waals surface area contributed by atoms with E-state index in [4.69, 9.17) is 15.1 Å². The molecule has 0 aliphatic carbocycles. The van der Waals surface area contributed by atoms with Gasteiger partial charge in [0, 0.05) is 39.0 Å². The number of piperazine rings is 1. The molecular weight excluding hydrogens is 472 g/mol. The van der Waals surface area contributed by atoms with Crippen LogP contribution < -0.4 is 4.90 Å². The van der Waals surface area contributed by atoms with Gasteiger partial charge in [-0.15, -0.1) is 0 Å². The van der Waals surface area contributed by atoms with Gasteiger partial charge in [-0.2, -0.15) is 5.10 Å². The van der Waals surface area contributed by atoms with Crippen molar-refractivity contribution >= 4 is 22.8 Å². The zero-order chi connectivity index (χ0) is 26.7. The van der Waals surface area contributed by atoms with Crippen molar-refractivity contribution in [3.05, 3.63) is 78.2 Å². The molecule has 7 nitrogen and oxygen atoms in total. The van der Waals surface area contributed by atoms with Gasteiger partial charge in [-0.25, -0.2) is 14.6 Å². The molecule has 38 heavy (non-hydrogen) atoms. The lowest BCUT2D eigenvalue weighted by Gasteiger charge is -2.36. The maximum atomic E-state index is 13.0. The molecule has 5 rings (SSSR count). The molecule has 1 saturated heterocycles. The fourth-order valence-corrected chi connectivity index (χ4v) is 5.51. The number of rotatable bonds is 7.